The van der Waals surface area contributed by atoms with Crippen molar-refractivity contribution >= 4 is 40.6 Å². The summed E-state index contributed by atoms with van der Waals surface area (Å²) in [7, 11) is 2.92. The molecule has 10 nitrogen and oxygen atoms in total. The largest absolute Gasteiger partial charge is 0.497 e. The average Bonchev–Trinajstić information content (AvgIpc) is 3.22. The maximum atomic E-state index is 13.5. The Hall–Kier alpha value is -4.12. The Morgan fingerprint density at radius 2 is 1.82 bits per heavy atom. The number of anilines is 2. The molecule has 0 spiro atoms. The zero-order chi connectivity index (χ0) is 24.0. The van der Waals surface area contributed by atoms with Crippen LogP contribution in [0, 0.1) is 0 Å². The minimum atomic E-state index is -0.853. The highest BCUT2D eigenvalue weighted by molar-refractivity contribution is 7.09. The number of rotatable bonds is 9. The van der Waals surface area contributed by atoms with Gasteiger partial charge in [0.25, 0.3) is 11.8 Å². The van der Waals surface area contributed by atoms with Crippen molar-refractivity contribution in [3.63, 3.8) is 0 Å². The number of benzene rings is 2. The van der Waals surface area contributed by atoms with Gasteiger partial charge in [-0.05, 0) is 29.2 Å². The van der Waals surface area contributed by atoms with Gasteiger partial charge in [0.05, 0.1) is 25.6 Å². The molecule has 3 rings (SSSR count). The lowest BCUT2D eigenvalue weighted by Crippen LogP contribution is -2.41. The fraction of sp³-hybridized carbons (Fsp3) is 0.182. The Labute approximate surface area is 194 Å². The highest BCUT2D eigenvalue weighted by Crippen LogP contribution is 2.34. The van der Waals surface area contributed by atoms with Crippen LogP contribution in [0.1, 0.15) is 25.7 Å². The first kappa shape index (κ1) is 23.5. The molecule has 0 saturated heterocycles. The molecular weight excluding hydrogens is 446 g/mol. The van der Waals surface area contributed by atoms with Gasteiger partial charge < -0.3 is 26.3 Å². The van der Waals surface area contributed by atoms with Crippen LogP contribution in [0.2, 0.25) is 0 Å². The summed E-state index contributed by atoms with van der Waals surface area (Å²) in [5, 5.41) is 2.79. The summed E-state index contributed by atoms with van der Waals surface area (Å²) < 4.78 is 14.5. The second kappa shape index (κ2) is 10.5. The van der Waals surface area contributed by atoms with E-state index in [1.54, 1.807) is 18.2 Å². The lowest BCUT2D eigenvalue weighted by Gasteiger charge is -2.24. The van der Waals surface area contributed by atoms with Gasteiger partial charge in [-0.1, -0.05) is 30.3 Å². The van der Waals surface area contributed by atoms with Crippen molar-refractivity contribution in [2.75, 3.05) is 31.4 Å². The van der Waals surface area contributed by atoms with Crippen LogP contribution in [0.15, 0.2) is 48.5 Å². The number of hydrogen-bond donors (Lipinski definition) is 3. The Morgan fingerprint density at radius 3 is 2.42 bits per heavy atom. The number of ether oxygens (including phenoxy) is 2. The number of methoxy groups -OCH3 is 2. The van der Waals surface area contributed by atoms with Crippen molar-refractivity contribution in [2.45, 2.75) is 6.54 Å². The average molecular weight is 470 g/mol. The molecule has 2 aromatic carbocycles. The molecule has 0 saturated carbocycles. The molecule has 0 unspecified atom stereocenters. The van der Waals surface area contributed by atoms with Crippen LogP contribution < -0.4 is 31.2 Å². The van der Waals surface area contributed by atoms with Crippen LogP contribution in [-0.4, -0.2) is 42.9 Å². The van der Waals surface area contributed by atoms with Crippen molar-refractivity contribution in [1.82, 2.24) is 9.69 Å². The molecule has 3 amide bonds. The summed E-state index contributed by atoms with van der Waals surface area (Å²) >= 11 is 0.726. The van der Waals surface area contributed by atoms with Gasteiger partial charge in [-0.25, -0.2) is 0 Å². The zero-order valence-corrected chi connectivity index (χ0v) is 18.8. The summed E-state index contributed by atoms with van der Waals surface area (Å²) in [6.07, 6.45) is 0. The van der Waals surface area contributed by atoms with Crippen molar-refractivity contribution in [2.24, 2.45) is 5.73 Å². The van der Waals surface area contributed by atoms with Crippen LogP contribution >= 0.6 is 11.5 Å². The molecule has 0 radical (unpaired) electrons. The van der Waals surface area contributed by atoms with Crippen molar-refractivity contribution < 1.29 is 23.9 Å². The second-order valence-electron chi connectivity index (χ2n) is 6.83. The van der Waals surface area contributed by atoms with E-state index in [1.807, 2.05) is 30.3 Å². The standard InChI is InChI=1S/C22H23N5O5S/c1-31-14-8-9-16(32-2)15(10-14)27(12-17(28)25-11-13-6-4-3-5-7-13)22(30)20-18(23)19(21(24)29)26-33-20/h3-10H,11-12,23H2,1-2H3,(H2,24,29)(H,25,28). The molecule has 0 fully saturated rings. The summed E-state index contributed by atoms with van der Waals surface area (Å²) in [5.41, 5.74) is 12.1. The third-order valence-corrected chi connectivity index (χ3v) is 5.56. The first-order valence-corrected chi connectivity index (χ1v) is 10.5. The molecule has 1 aromatic heterocycles. The Bertz CT molecular complexity index is 1170. The third kappa shape index (κ3) is 5.39. The van der Waals surface area contributed by atoms with Gasteiger partial charge in [-0.15, -0.1) is 0 Å². The van der Waals surface area contributed by atoms with E-state index in [0.717, 1.165) is 17.1 Å². The molecule has 0 aliphatic rings. The number of hydrogen-bond acceptors (Lipinski definition) is 8. The summed E-state index contributed by atoms with van der Waals surface area (Å²) in [6, 6.07) is 14.2. The monoisotopic (exact) mass is 469 g/mol. The lowest BCUT2D eigenvalue weighted by molar-refractivity contribution is -0.119. The Morgan fingerprint density at radius 1 is 1.09 bits per heavy atom. The Balaban J connectivity index is 1.95. The summed E-state index contributed by atoms with van der Waals surface area (Å²) in [6.45, 7) is -0.0656. The van der Waals surface area contributed by atoms with E-state index in [-0.39, 0.29) is 35.0 Å². The summed E-state index contributed by atoms with van der Waals surface area (Å²) in [5.74, 6) is -1.13. The smallest absolute Gasteiger partial charge is 0.272 e. The molecule has 3 aromatic rings. The maximum Gasteiger partial charge on any atom is 0.272 e. The number of amides is 3. The molecule has 0 atom stereocenters. The highest BCUT2D eigenvalue weighted by atomic mass is 32.1. The van der Waals surface area contributed by atoms with E-state index in [1.165, 1.54) is 19.1 Å². The number of nitrogens with two attached hydrogens (primary N) is 2. The fourth-order valence-electron chi connectivity index (χ4n) is 3.02. The minimum Gasteiger partial charge on any atom is -0.497 e. The quantitative estimate of drug-likeness (QED) is 0.432. The molecule has 0 bridgehead atoms. The van der Waals surface area contributed by atoms with Crippen LogP contribution in [0.25, 0.3) is 0 Å². The minimum absolute atomic E-state index is 0.0236. The van der Waals surface area contributed by atoms with Gasteiger partial charge in [0.15, 0.2) is 5.69 Å². The van der Waals surface area contributed by atoms with E-state index in [9.17, 15) is 14.4 Å². The van der Waals surface area contributed by atoms with E-state index in [2.05, 4.69) is 9.69 Å². The fourth-order valence-corrected chi connectivity index (χ4v) is 3.78. The number of carbonyl (C=O) groups excluding carboxylic acids is 3. The first-order valence-electron chi connectivity index (χ1n) is 9.75. The number of nitrogen functional groups attached to an aromatic ring is 1. The van der Waals surface area contributed by atoms with Gasteiger partial charge in [0.1, 0.15) is 22.9 Å². The first-order chi connectivity index (χ1) is 15.8. The predicted molar refractivity (Wildman–Crippen MR) is 125 cm³/mol. The number of nitrogens with zero attached hydrogens (tertiary/aromatic N) is 2. The SMILES string of the molecule is COc1ccc(OC)c(N(CC(=O)NCc2ccccc2)C(=O)c2snc(C(N)=O)c2N)c1. The van der Waals surface area contributed by atoms with E-state index >= 15 is 0 Å². The molecule has 33 heavy (non-hydrogen) atoms. The predicted octanol–water partition coefficient (Wildman–Crippen LogP) is 1.80. The van der Waals surface area contributed by atoms with Crippen molar-refractivity contribution in [3.8, 4) is 11.5 Å². The molecule has 0 aliphatic carbocycles. The van der Waals surface area contributed by atoms with Crippen LogP contribution in [0.3, 0.4) is 0 Å². The Kier molecular flexibility index (Phi) is 7.46. The number of carbonyl (C=O) groups is 3. The normalized spacial score (nSPS) is 10.4. The van der Waals surface area contributed by atoms with E-state index in [4.69, 9.17) is 20.9 Å². The molecule has 0 aliphatic heterocycles. The third-order valence-electron chi connectivity index (χ3n) is 4.71. The zero-order valence-electron chi connectivity index (χ0n) is 18.0. The van der Waals surface area contributed by atoms with Crippen LogP contribution in [0.5, 0.6) is 11.5 Å². The van der Waals surface area contributed by atoms with E-state index in [0.29, 0.717) is 11.5 Å². The topological polar surface area (TPSA) is 150 Å². The van der Waals surface area contributed by atoms with Gasteiger partial charge in [0, 0.05) is 12.6 Å². The van der Waals surface area contributed by atoms with Crippen LogP contribution in [-0.2, 0) is 11.3 Å². The van der Waals surface area contributed by atoms with E-state index < -0.39 is 17.7 Å². The summed E-state index contributed by atoms with van der Waals surface area (Å²) in [4.78, 5) is 39.0. The molecule has 11 heteroatoms. The van der Waals surface area contributed by atoms with Gasteiger partial charge in [-0.3, -0.25) is 19.3 Å². The van der Waals surface area contributed by atoms with Crippen molar-refractivity contribution in [3.05, 3.63) is 64.7 Å². The number of aromatic nitrogens is 1. The second-order valence-corrected chi connectivity index (χ2v) is 7.60. The number of nitrogens with one attached hydrogen (secondary N) is 1. The molecule has 5 N–H and O–H groups in total. The van der Waals surface area contributed by atoms with Gasteiger partial charge in [0.2, 0.25) is 5.91 Å². The number of primary amides is 1. The molecule has 1 heterocycles. The van der Waals surface area contributed by atoms with Crippen LogP contribution in [0.4, 0.5) is 11.4 Å². The molecular formula is C22H23N5O5S. The lowest BCUT2D eigenvalue weighted by atomic mass is 10.2. The van der Waals surface area contributed by atoms with Crippen molar-refractivity contribution in [1.29, 1.82) is 0 Å². The van der Waals surface area contributed by atoms with Gasteiger partial charge in [-0.2, -0.15) is 4.37 Å². The highest BCUT2D eigenvalue weighted by Gasteiger charge is 2.29. The maximum absolute atomic E-state index is 13.5. The molecule has 172 valence electrons. The van der Waals surface area contributed by atoms with Gasteiger partial charge >= 0.3 is 0 Å².